The number of carbonyl (C=O) groups excluding carboxylic acids is 1. The highest BCUT2D eigenvalue weighted by atomic mass is 16.5. The Kier molecular flexibility index (Phi) is 6.32. The van der Waals surface area contributed by atoms with Crippen LogP contribution in [0.1, 0.15) is 6.42 Å². The third-order valence-electron chi connectivity index (χ3n) is 1.30. The summed E-state index contributed by atoms with van der Waals surface area (Å²) in [5.41, 5.74) is 0. The van der Waals surface area contributed by atoms with Crippen LogP contribution in [-0.2, 0) is 9.53 Å². The molecule has 2 N–H and O–H groups in total. The van der Waals surface area contributed by atoms with Gasteiger partial charge in [0.1, 0.15) is 0 Å². The minimum atomic E-state index is -0.683. The predicted octanol–water partition coefficient (Wildman–Crippen LogP) is -0.314. The zero-order chi connectivity index (χ0) is 9.40. The van der Waals surface area contributed by atoms with Gasteiger partial charge in [0.25, 0.3) is 0 Å². The molecule has 12 heavy (non-hydrogen) atoms. The van der Waals surface area contributed by atoms with E-state index in [-0.39, 0.29) is 6.42 Å². The van der Waals surface area contributed by atoms with Crippen molar-refractivity contribution in [2.45, 2.75) is 12.5 Å². The molecular formula is C8H15NO3. The quantitative estimate of drug-likeness (QED) is 0.328. The fraction of sp³-hybridized carbons (Fsp3) is 0.625. The van der Waals surface area contributed by atoms with Gasteiger partial charge in [0.05, 0.1) is 19.6 Å². The molecule has 0 amide bonds. The molecular weight excluding hydrogens is 158 g/mol. The number of hydrogen-bond donors (Lipinski definition) is 2. The average Bonchev–Trinajstić information content (AvgIpc) is 2.05. The van der Waals surface area contributed by atoms with Crippen LogP contribution < -0.4 is 5.32 Å². The van der Waals surface area contributed by atoms with E-state index in [2.05, 4.69) is 16.6 Å². The molecule has 0 aliphatic rings. The lowest BCUT2D eigenvalue weighted by Gasteiger charge is -2.08. The van der Waals surface area contributed by atoms with Crippen LogP contribution in [0.25, 0.3) is 0 Å². The van der Waals surface area contributed by atoms with Gasteiger partial charge in [-0.1, -0.05) is 6.08 Å². The fourth-order valence-corrected chi connectivity index (χ4v) is 0.700. The summed E-state index contributed by atoms with van der Waals surface area (Å²) in [7, 11) is 1.30. The molecule has 0 aromatic rings. The molecule has 0 aromatic heterocycles. The zero-order valence-corrected chi connectivity index (χ0v) is 7.25. The molecule has 0 aliphatic heterocycles. The maximum Gasteiger partial charge on any atom is 0.308 e. The van der Waals surface area contributed by atoms with E-state index in [4.69, 9.17) is 0 Å². The summed E-state index contributed by atoms with van der Waals surface area (Å²) in [6.07, 6.45) is 1.03. The van der Waals surface area contributed by atoms with Crippen LogP contribution in [0.2, 0.25) is 0 Å². The summed E-state index contributed by atoms with van der Waals surface area (Å²) >= 11 is 0. The van der Waals surface area contributed by atoms with Crippen molar-refractivity contribution in [3.05, 3.63) is 12.7 Å². The molecule has 0 heterocycles. The number of aliphatic hydroxyl groups excluding tert-OH is 1. The van der Waals surface area contributed by atoms with Crippen LogP contribution in [-0.4, -0.2) is 37.4 Å². The Labute approximate surface area is 72.2 Å². The van der Waals surface area contributed by atoms with Crippen molar-refractivity contribution >= 4 is 5.97 Å². The minimum absolute atomic E-state index is 0.0284. The number of hydrogen-bond acceptors (Lipinski definition) is 4. The molecule has 4 nitrogen and oxygen atoms in total. The molecule has 0 radical (unpaired) electrons. The van der Waals surface area contributed by atoms with Crippen LogP contribution in [0, 0.1) is 0 Å². The first kappa shape index (κ1) is 11.1. The zero-order valence-electron chi connectivity index (χ0n) is 7.25. The standard InChI is InChI=1S/C8H15NO3/c1-3-4-9-6-7(10)5-8(11)12-2/h3,7,9-10H,1,4-6H2,2H3. The highest BCUT2D eigenvalue weighted by molar-refractivity contribution is 5.69. The summed E-state index contributed by atoms with van der Waals surface area (Å²) in [4.78, 5) is 10.6. The molecule has 0 fully saturated rings. The van der Waals surface area contributed by atoms with Crippen molar-refractivity contribution in [2.75, 3.05) is 20.2 Å². The second kappa shape index (κ2) is 6.82. The van der Waals surface area contributed by atoms with Crippen molar-refractivity contribution in [1.29, 1.82) is 0 Å². The normalized spacial score (nSPS) is 12.2. The van der Waals surface area contributed by atoms with E-state index >= 15 is 0 Å². The van der Waals surface area contributed by atoms with E-state index in [0.29, 0.717) is 13.1 Å². The SMILES string of the molecule is C=CCNCC(O)CC(=O)OC. The highest BCUT2D eigenvalue weighted by Gasteiger charge is 2.09. The molecule has 0 saturated carbocycles. The number of methoxy groups -OCH3 is 1. The van der Waals surface area contributed by atoms with Crippen LogP contribution in [0.4, 0.5) is 0 Å². The largest absolute Gasteiger partial charge is 0.469 e. The Morgan fingerprint density at radius 1 is 1.83 bits per heavy atom. The summed E-state index contributed by atoms with van der Waals surface area (Å²) in [5, 5.41) is 12.1. The van der Waals surface area contributed by atoms with Gasteiger partial charge in [0.15, 0.2) is 0 Å². The van der Waals surface area contributed by atoms with E-state index in [1.54, 1.807) is 6.08 Å². The maximum absolute atomic E-state index is 10.6. The topological polar surface area (TPSA) is 58.6 Å². The Hall–Kier alpha value is -0.870. The lowest BCUT2D eigenvalue weighted by molar-refractivity contribution is -0.142. The van der Waals surface area contributed by atoms with Crippen LogP contribution >= 0.6 is 0 Å². The fourth-order valence-electron chi connectivity index (χ4n) is 0.700. The van der Waals surface area contributed by atoms with Gasteiger partial charge < -0.3 is 15.2 Å². The second-order valence-corrected chi connectivity index (χ2v) is 2.38. The predicted molar refractivity (Wildman–Crippen MR) is 45.7 cm³/mol. The Balaban J connectivity index is 3.38. The van der Waals surface area contributed by atoms with Crippen LogP contribution in [0.3, 0.4) is 0 Å². The van der Waals surface area contributed by atoms with Gasteiger partial charge in [0, 0.05) is 13.1 Å². The summed E-state index contributed by atoms with van der Waals surface area (Å²) in [6, 6.07) is 0. The molecule has 0 aromatic carbocycles. The van der Waals surface area contributed by atoms with Gasteiger partial charge in [-0.3, -0.25) is 4.79 Å². The molecule has 0 rings (SSSR count). The molecule has 70 valence electrons. The Morgan fingerprint density at radius 2 is 2.50 bits per heavy atom. The average molecular weight is 173 g/mol. The lowest BCUT2D eigenvalue weighted by Crippen LogP contribution is -2.29. The number of carbonyl (C=O) groups is 1. The van der Waals surface area contributed by atoms with Crippen molar-refractivity contribution in [3.63, 3.8) is 0 Å². The summed E-state index contributed by atoms with van der Waals surface area (Å²) in [5.74, 6) is -0.400. The summed E-state index contributed by atoms with van der Waals surface area (Å²) in [6.45, 7) is 4.50. The molecule has 0 bridgehead atoms. The van der Waals surface area contributed by atoms with Crippen molar-refractivity contribution in [2.24, 2.45) is 0 Å². The molecule has 1 unspecified atom stereocenters. The molecule has 1 atom stereocenters. The minimum Gasteiger partial charge on any atom is -0.469 e. The first-order valence-electron chi connectivity index (χ1n) is 3.77. The van der Waals surface area contributed by atoms with E-state index in [1.807, 2.05) is 0 Å². The Bertz CT molecular complexity index is 147. The van der Waals surface area contributed by atoms with Gasteiger partial charge in [0.2, 0.25) is 0 Å². The van der Waals surface area contributed by atoms with E-state index in [1.165, 1.54) is 7.11 Å². The lowest BCUT2D eigenvalue weighted by atomic mass is 10.2. The van der Waals surface area contributed by atoms with E-state index < -0.39 is 12.1 Å². The number of rotatable bonds is 6. The van der Waals surface area contributed by atoms with Gasteiger partial charge in [-0.2, -0.15) is 0 Å². The Morgan fingerprint density at radius 3 is 3.00 bits per heavy atom. The maximum atomic E-state index is 10.6. The highest BCUT2D eigenvalue weighted by Crippen LogP contribution is 1.91. The van der Waals surface area contributed by atoms with Gasteiger partial charge in [-0.15, -0.1) is 6.58 Å². The third-order valence-corrected chi connectivity index (χ3v) is 1.30. The molecule has 0 spiro atoms. The monoisotopic (exact) mass is 173 g/mol. The molecule has 4 heteroatoms. The number of aliphatic hydroxyl groups is 1. The van der Waals surface area contributed by atoms with Gasteiger partial charge in [-0.05, 0) is 0 Å². The van der Waals surface area contributed by atoms with E-state index in [9.17, 15) is 9.90 Å². The van der Waals surface area contributed by atoms with Crippen molar-refractivity contribution < 1.29 is 14.6 Å². The van der Waals surface area contributed by atoms with Crippen LogP contribution in [0.5, 0.6) is 0 Å². The van der Waals surface area contributed by atoms with Gasteiger partial charge >= 0.3 is 5.97 Å². The van der Waals surface area contributed by atoms with Crippen molar-refractivity contribution in [3.8, 4) is 0 Å². The van der Waals surface area contributed by atoms with Crippen LogP contribution in [0.15, 0.2) is 12.7 Å². The molecule has 0 saturated heterocycles. The van der Waals surface area contributed by atoms with Gasteiger partial charge in [-0.25, -0.2) is 0 Å². The van der Waals surface area contributed by atoms with Crippen molar-refractivity contribution in [1.82, 2.24) is 5.32 Å². The number of ether oxygens (including phenoxy) is 1. The molecule has 0 aliphatic carbocycles. The summed E-state index contributed by atoms with van der Waals surface area (Å²) < 4.78 is 4.38. The first-order chi connectivity index (χ1) is 5.70. The smallest absolute Gasteiger partial charge is 0.308 e. The first-order valence-corrected chi connectivity index (χ1v) is 3.77. The number of nitrogens with one attached hydrogen (secondary N) is 1. The van der Waals surface area contributed by atoms with E-state index in [0.717, 1.165) is 0 Å². The third kappa shape index (κ3) is 5.88. The second-order valence-electron chi connectivity index (χ2n) is 2.38. The number of esters is 1.